The molecular formula is C11H10O2. The van der Waals surface area contributed by atoms with E-state index < -0.39 is 5.78 Å². The molecule has 0 bridgehead atoms. The first-order chi connectivity index (χ1) is 6.24. The number of allylic oxidation sites excluding steroid dienone is 1. The molecule has 2 heteroatoms. The van der Waals surface area contributed by atoms with Crippen molar-refractivity contribution in [3.05, 3.63) is 41.5 Å². The molecule has 0 aliphatic carbocycles. The number of ketones is 1. The quantitative estimate of drug-likeness (QED) is 0.397. The molecule has 0 fully saturated rings. The van der Waals surface area contributed by atoms with Crippen LogP contribution in [-0.4, -0.2) is 12.1 Å². The SMILES string of the molecule is Cc1ccccc1/C=C/C(=O)C=O. The average molecular weight is 174 g/mol. The predicted octanol–water partition coefficient (Wildman–Crippen LogP) is 1.78. The van der Waals surface area contributed by atoms with Crippen LogP contribution < -0.4 is 0 Å². The van der Waals surface area contributed by atoms with Gasteiger partial charge < -0.3 is 0 Å². The largest absolute Gasteiger partial charge is 0.294 e. The second kappa shape index (κ2) is 4.36. The van der Waals surface area contributed by atoms with Gasteiger partial charge in [-0.3, -0.25) is 9.59 Å². The minimum atomic E-state index is -0.511. The Morgan fingerprint density at radius 3 is 2.62 bits per heavy atom. The molecule has 0 unspecified atom stereocenters. The van der Waals surface area contributed by atoms with Gasteiger partial charge in [-0.2, -0.15) is 0 Å². The van der Waals surface area contributed by atoms with Gasteiger partial charge in [0.05, 0.1) is 0 Å². The molecule has 0 saturated carbocycles. The van der Waals surface area contributed by atoms with Crippen LogP contribution in [0.2, 0.25) is 0 Å². The highest BCUT2D eigenvalue weighted by Crippen LogP contribution is 2.08. The van der Waals surface area contributed by atoms with Crippen LogP contribution >= 0.6 is 0 Å². The van der Waals surface area contributed by atoms with Crippen molar-refractivity contribution in [2.24, 2.45) is 0 Å². The van der Waals surface area contributed by atoms with Gasteiger partial charge in [0.25, 0.3) is 0 Å². The van der Waals surface area contributed by atoms with Crippen LogP contribution in [0.3, 0.4) is 0 Å². The summed E-state index contributed by atoms with van der Waals surface area (Å²) in [6, 6.07) is 7.65. The number of rotatable bonds is 3. The Morgan fingerprint density at radius 2 is 2.00 bits per heavy atom. The third kappa shape index (κ3) is 2.67. The molecular weight excluding hydrogens is 164 g/mol. The lowest BCUT2D eigenvalue weighted by atomic mass is 10.1. The molecule has 1 aromatic carbocycles. The second-order valence-electron chi connectivity index (χ2n) is 2.71. The number of carbonyl (C=O) groups excluding carboxylic acids is 2. The molecule has 1 rings (SSSR count). The van der Waals surface area contributed by atoms with Gasteiger partial charge in [-0.25, -0.2) is 0 Å². The van der Waals surface area contributed by atoms with Crippen LogP contribution in [0.4, 0.5) is 0 Å². The summed E-state index contributed by atoms with van der Waals surface area (Å²) in [6.07, 6.45) is 3.22. The monoisotopic (exact) mass is 174 g/mol. The van der Waals surface area contributed by atoms with Crippen LogP contribution in [0.25, 0.3) is 6.08 Å². The molecule has 0 N–H and O–H groups in total. The van der Waals surface area contributed by atoms with E-state index in [9.17, 15) is 9.59 Å². The summed E-state index contributed by atoms with van der Waals surface area (Å²) in [5.41, 5.74) is 2.04. The Kier molecular flexibility index (Phi) is 3.15. The van der Waals surface area contributed by atoms with Crippen molar-refractivity contribution < 1.29 is 9.59 Å². The molecule has 0 atom stereocenters. The summed E-state index contributed by atoms with van der Waals surface area (Å²) in [5, 5.41) is 0. The maximum absolute atomic E-state index is 10.6. The number of aldehydes is 1. The fourth-order valence-corrected chi connectivity index (χ4v) is 0.985. The molecule has 0 aliphatic rings. The van der Waals surface area contributed by atoms with Gasteiger partial charge >= 0.3 is 0 Å². The van der Waals surface area contributed by atoms with Crippen LogP contribution in [0.5, 0.6) is 0 Å². The standard InChI is InChI=1S/C11H10O2/c1-9-4-2-3-5-10(9)6-7-11(13)8-12/h2-8H,1H3/b7-6+. The lowest BCUT2D eigenvalue weighted by Gasteiger charge is -1.96. The molecule has 0 heterocycles. The fraction of sp³-hybridized carbons (Fsp3) is 0.0909. The maximum Gasteiger partial charge on any atom is 0.218 e. The fourth-order valence-electron chi connectivity index (χ4n) is 0.985. The highest BCUT2D eigenvalue weighted by molar-refractivity contribution is 6.31. The van der Waals surface area contributed by atoms with Crippen molar-refractivity contribution in [2.75, 3.05) is 0 Å². The summed E-state index contributed by atoms with van der Waals surface area (Å²) in [7, 11) is 0. The van der Waals surface area contributed by atoms with Crippen molar-refractivity contribution in [3.63, 3.8) is 0 Å². The highest BCUT2D eigenvalue weighted by atomic mass is 16.2. The molecule has 0 spiro atoms. The number of carbonyl (C=O) groups is 2. The summed E-state index contributed by atoms with van der Waals surface area (Å²) < 4.78 is 0. The van der Waals surface area contributed by atoms with E-state index in [4.69, 9.17) is 0 Å². The van der Waals surface area contributed by atoms with Gasteiger partial charge in [0.15, 0.2) is 6.29 Å². The number of benzene rings is 1. The van der Waals surface area contributed by atoms with E-state index in [1.54, 1.807) is 6.08 Å². The minimum Gasteiger partial charge on any atom is -0.294 e. The van der Waals surface area contributed by atoms with Crippen molar-refractivity contribution in [2.45, 2.75) is 6.92 Å². The number of aryl methyl sites for hydroxylation is 1. The molecule has 0 radical (unpaired) electrons. The van der Waals surface area contributed by atoms with Gasteiger partial charge in [0.1, 0.15) is 0 Å². The van der Waals surface area contributed by atoms with E-state index in [2.05, 4.69) is 0 Å². The van der Waals surface area contributed by atoms with Gasteiger partial charge in [-0.05, 0) is 24.1 Å². The first-order valence-corrected chi connectivity index (χ1v) is 3.97. The van der Waals surface area contributed by atoms with E-state index in [-0.39, 0.29) is 0 Å². The normalized spacial score (nSPS) is 10.2. The van der Waals surface area contributed by atoms with Crippen LogP contribution in [0, 0.1) is 6.92 Å². The molecule has 0 aliphatic heterocycles. The molecule has 0 aromatic heterocycles. The van der Waals surface area contributed by atoms with Crippen molar-refractivity contribution >= 4 is 18.1 Å². The third-order valence-electron chi connectivity index (χ3n) is 1.73. The minimum absolute atomic E-state index is 0.300. The molecule has 0 saturated heterocycles. The maximum atomic E-state index is 10.6. The number of hydrogen-bond acceptors (Lipinski definition) is 2. The van der Waals surface area contributed by atoms with Gasteiger partial charge in [-0.1, -0.05) is 30.3 Å². The van der Waals surface area contributed by atoms with E-state index in [0.717, 1.165) is 11.1 Å². The zero-order valence-corrected chi connectivity index (χ0v) is 7.36. The van der Waals surface area contributed by atoms with Crippen molar-refractivity contribution in [1.29, 1.82) is 0 Å². The Hall–Kier alpha value is -1.70. The topological polar surface area (TPSA) is 34.1 Å². The first kappa shape index (κ1) is 9.39. The first-order valence-electron chi connectivity index (χ1n) is 3.97. The predicted molar refractivity (Wildman–Crippen MR) is 51.3 cm³/mol. The lowest BCUT2D eigenvalue weighted by Crippen LogP contribution is -1.91. The molecule has 66 valence electrons. The smallest absolute Gasteiger partial charge is 0.218 e. The van der Waals surface area contributed by atoms with E-state index in [1.165, 1.54) is 6.08 Å². The van der Waals surface area contributed by atoms with Crippen molar-refractivity contribution in [1.82, 2.24) is 0 Å². The third-order valence-corrected chi connectivity index (χ3v) is 1.73. The Balaban J connectivity index is 2.85. The van der Waals surface area contributed by atoms with E-state index in [1.807, 2.05) is 31.2 Å². The van der Waals surface area contributed by atoms with Crippen molar-refractivity contribution in [3.8, 4) is 0 Å². The lowest BCUT2D eigenvalue weighted by molar-refractivity contribution is -0.126. The van der Waals surface area contributed by atoms with Crippen LogP contribution in [0.15, 0.2) is 30.3 Å². The van der Waals surface area contributed by atoms with Gasteiger partial charge in [-0.15, -0.1) is 0 Å². The summed E-state index contributed by atoms with van der Waals surface area (Å²) >= 11 is 0. The van der Waals surface area contributed by atoms with Crippen LogP contribution in [-0.2, 0) is 9.59 Å². The summed E-state index contributed by atoms with van der Waals surface area (Å²) in [6.45, 7) is 1.95. The van der Waals surface area contributed by atoms with E-state index >= 15 is 0 Å². The molecule has 13 heavy (non-hydrogen) atoms. The summed E-state index contributed by atoms with van der Waals surface area (Å²) in [5.74, 6) is -0.511. The Labute approximate surface area is 76.9 Å². The Bertz CT molecular complexity index is 351. The highest BCUT2D eigenvalue weighted by Gasteiger charge is 1.93. The number of hydrogen-bond donors (Lipinski definition) is 0. The van der Waals surface area contributed by atoms with Gasteiger partial charge in [0, 0.05) is 0 Å². The average Bonchev–Trinajstić information content (AvgIpc) is 2.16. The van der Waals surface area contributed by atoms with Gasteiger partial charge in [0.2, 0.25) is 5.78 Å². The van der Waals surface area contributed by atoms with Crippen LogP contribution in [0.1, 0.15) is 11.1 Å². The molecule has 0 amide bonds. The second-order valence-corrected chi connectivity index (χ2v) is 2.71. The van der Waals surface area contributed by atoms with E-state index in [0.29, 0.717) is 6.29 Å². The zero-order valence-electron chi connectivity index (χ0n) is 7.36. The Morgan fingerprint density at radius 1 is 1.31 bits per heavy atom. The molecule has 2 nitrogen and oxygen atoms in total. The molecule has 1 aromatic rings. The zero-order chi connectivity index (χ0) is 9.68. The summed E-state index contributed by atoms with van der Waals surface area (Å²) in [4.78, 5) is 20.7.